The number of benzene rings is 2. The minimum absolute atomic E-state index is 0.146. The molecule has 1 amide bonds. The summed E-state index contributed by atoms with van der Waals surface area (Å²) in [4.78, 5) is 18.4. The molecule has 1 unspecified atom stereocenters. The van der Waals surface area contributed by atoms with Gasteiger partial charge >= 0.3 is 0 Å². The van der Waals surface area contributed by atoms with Crippen molar-refractivity contribution in [2.24, 2.45) is 10.9 Å². The number of methoxy groups -OCH3 is 1. The lowest BCUT2D eigenvalue weighted by Gasteiger charge is -2.30. The van der Waals surface area contributed by atoms with Crippen molar-refractivity contribution in [3.63, 3.8) is 0 Å². The van der Waals surface area contributed by atoms with Crippen molar-refractivity contribution in [1.82, 2.24) is 8.87 Å². The second kappa shape index (κ2) is 9.17. The molecule has 0 aliphatic carbocycles. The first-order valence-corrected chi connectivity index (χ1v) is 12.9. The smallest absolute Gasteiger partial charge is 0.252 e. The number of piperidine rings is 1. The summed E-state index contributed by atoms with van der Waals surface area (Å²) in [7, 11) is -2.15. The predicted octanol–water partition coefficient (Wildman–Crippen LogP) is 3.57. The third-order valence-electron chi connectivity index (χ3n) is 5.79. The number of nitrogens with zero attached hydrogens (tertiary/aromatic N) is 3. The highest BCUT2D eigenvalue weighted by atomic mass is 32.2. The first-order chi connectivity index (χ1) is 15.3. The third-order valence-corrected chi connectivity index (χ3v) is 8.71. The predicted molar refractivity (Wildman–Crippen MR) is 125 cm³/mol. The first-order valence-electron chi connectivity index (χ1n) is 10.7. The lowest BCUT2D eigenvalue weighted by molar-refractivity contribution is -0.122. The van der Waals surface area contributed by atoms with Gasteiger partial charge in [-0.15, -0.1) is 0 Å². The van der Waals surface area contributed by atoms with Crippen LogP contribution in [0.5, 0.6) is 5.75 Å². The SMILES string of the molecule is CCn1c(=NC(=O)C2CCCN(S(=O)(=O)c3ccc(OC)cc3)C2)sc2cc(C)ccc21. The van der Waals surface area contributed by atoms with Gasteiger partial charge in [0.05, 0.1) is 28.1 Å². The van der Waals surface area contributed by atoms with Crippen LogP contribution in [0.4, 0.5) is 0 Å². The van der Waals surface area contributed by atoms with Crippen LogP contribution >= 0.6 is 11.3 Å². The molecule has 0 spiro atoms. The molecule has 0 N–H and O–H groups in total. The highest BCUT2D eigenvalue weighted by Crippen LogP contribution is 2.26. The van der Waals surface area contributed by atoms with Crippen LogP contribution in [0.2, 0.25) is 0 Å². The van der Waals surface area contributed by atoms with Crippen LogP contribution in [0.1, 0.15) is 25.3 Å². The molecule has 1 aromatic heterocycles. The highest BCUT2D eigenvalue weighted by Gasteiger charge is 2.33. The maximum Gasteiger partial charge on any atom is 0.252 e. The number of ether oxygens (including phenoxy) is 1. The summed E-state index contributed by atoms with van der Waals surface area (Å²) in [6, 6.07) is 12.5. The van der Waals surface area contributed by atoms with Gasteiger partial charge in [-0.25, -0.2) is 8.42 Å². The average molecular weight is 474 g/mol. The molecular weight excluding hydrogens is 446 g/mol. The molecule has 0 saturated carbocycles. The summed E-state index contributed by atoms with van der Waals surface area (Å²) in [5, 5.41) is 0. The van der Waals surface area contributed by atoms with E-state index < -0.39 is 15.9 Å². The molecular formula is C23H27N3O4S2. The summed E-state index contributed by atoms with van der Waals surface area (Å²) >= 11 is 1.49. The average Bonchev–Trinajstić information content (AvgIpc) is 3.14. The van der Waals surface area contributed by atoms with E-state index in [-0.39, 0.29) is 17.3 Å². The van der Waals surface area contributed by atoms with Gasteiger partial charge in [0.25, 0.3) is 5.91 Å². The minimum Gasteiger partial charge on any atom is -0.497 e. The van der Waals surface area contributed by atoms with Crippen molar-refractivity contribution in [3.8, 4) is 5.75 Å². The van der Waals surface area contributed by atoms with E-state index in [9.17, 15) is 13.2 Å². The van der Waals surface area contributed by atoms with E-state index in [0.717, 1.165) is 15.8 Å². The van der Waals surface area contributed by atoms with E-state index in [4.69, 9.17) is 4.74 Å². The van der Waals surface area contributed by atoms with E-state index in [2.05, 4.69) is 23.2 Å². The number of hydrogen-bond donors (Lipinski definition) is 0. The lowest BCUT2D eigenvalue weighted by atomic mass is 9.99. The second-order valence-corrected chi connectivity index (χ2v) is 10.9. The molecule has 1 saturated heterocycles. The van der Waals surface area contributed by atoms with Gasteiger partial charge in [-0.1, -0.05) is 17.4 Å². The van der Waals surface area contributed by atoms with Crippen LogP contribution < -0.4 is 9.54 Å². The molecule has 7 nitrogen and oxygen atoms in total. The molecule has 0 radical (unpaired) electrons. The number of hydrogen-bond acceptors (Lipinski definition) is 5. The fourth-order valence-corrected chi connectivity index (χ4v) is 6.74. The van der Waals surface area contributed by atoms with E-state index in [1.165, 1.54) is 34.9 Å². The molecule has 4 rings (SSSR count). The Hall–Kier alpha value is -2.49. The largest absolute Gasteiger partial charge is 0.497 e. The van der Waals surface area contributed by atoms with Crippen LogP contribution in [0.25, 0.3) is 10.2 Å². The van der Waals surface area contributed by atoms with E-state index in [1.54, 1.807) is 12.1 Å². The molecule has 2 heterocycles. The normalized spacial score (nSPS) is 18.2. The van der Waals surface area contributed by atoms with Crippen molar-refractivity contribution < 1.29 is 17.9 Å². The van der Waals surface area contributed by atoms with Crippen LogP contribution in [0, 0.1) is 12.8 Å². The maximum absolute atomic E-state index is 13.1. The van der Waals surface area contributed by atoms with Gasteiger partial charge in [0.2, 0.25) is 10.0 Å². The Morgan fingerprint density at radius 3 is 2.66 bits per heavy atom. The quantitative estimate of drug-likeness (QED) is 0.567. The number of rotatable bonds is 5. The van der Waals surface area contributed by atoms with Crippen LogP contribution in [0.3, 0.4) is 0 Å². The topological polar surface area (TPSA) is 81.0 Å². The van der Waals surface area contributed by atoms with Gasteiger partial charge in [-0.3, -0.25) is 4.79 Å². The molecule has 32 heavy (non-hydrogen) atoms. The van der Waals surface area contributed by atoms with Gasteiger partial charge in [0.15, 0.2) is 4.80 Å². The van der Waals surface area contributed by atoms with Crippen LogP contribution in [0.15, 0.2) is 52.4 Å². The van der Waals surface area contributed by atoms with Crippen LogP contribution in [-0.2, 0) is 21.4 Å². The molecule has 3 aromatic rings. The number of aromatic nitrogens is 1. The molecule has 0 bridgehead atoms. The lowest BCUT2D eigenvalue weighted by Crippen LogP contribution is -2.42. The number of amides is 1. The Balaban J connectivity index is 1.59. The van der Waals surface area contributed by atoms with E-state index >= 15 is 0 Å². The van der Waals surface area contributed by atoms with E-state index in [0.29, 0.717) is 36.5 Å². The zero-order valence-electron chi connectivity index (χ0n) is 18.4. The molecule has 1 aliphatic rings. The van der Waals surface area contributed by atoms with Gasteiger partial charge < -0.3 is 9.30 Å². The molecule has 1 atom stereocenters. The maximum atomic E-state index is 13.1. The van der Waals surface area contributed by atoms with Crippen molar-refractivity contribution in [2.75, 3.05) is 20.2 Å². The summed E-state index contributed by atoms with van der Waals surface area (Å²) < 4.78 is 35.8. The number of aryl methyl sites for hydroxylation is 2. The minimum atomic E-state index is -3.68. The summed E-state index contributed by atoms with van der Waals surface area (Å²) in [6.45, 7) is 5.32. The second-order valence-electron chi connectivity index (χ2n) is 7.93. The molecule has 1 aliphatic heterocycles. The van der Waals surface area contributed by atoms with Crippen molar-refractivity contribution in [3.05, 3.63) is 52.8 Å². The zero-order chi connectivity index (χ0) is 22.9. The van der Waals surface area contributed by atoms with Crippen molar-refractivity contribution in [1.29, 1.82) is 0 Å². The van der Waals surface area contributed by atoms with Crippen molar-refractivity contribution in [2.45, 2.75) is 38.1 Å². The van der Waals surface area contributed by atoms with Gasteiger partial charge in [0.1, 0.15) is 5.75 Å². The standard InChI is InChI=1S/C23H27N3O4S2/c1-4-26-20-12-7-16(2)14-21(20)31-23(26)24-22(27)17-6-5-13-25(15-17)32(28,29)19-10-8-18(30-3)9-11-19/h7-12,14,17H,4-6,13,15H2,1-3H3. The Kier molecular flexibility index (Phi) is 6.50. The van der Waals surface area contributed by atoms with Crippen molar-refractivity contribution >= 4 is 37.5 Å². The Bertz CT molecular complexity index is 1310. The zero-order valence-corrected chi connectivity index (χ0v) is 20.1. The fraction of sp³-hybridized carbons (Fsp3) is 0.391. The van der Waals surface area contributed by atoms with Gasteiger partial charge in [0, 0.05) is 19.6 Å². The fourth-order valence-electron chi connectivity index (χ4n) is 4.02. The summed E-state index contributed by atoms with van der Waals surface area (Å²) in [5.74, 6) is -0.114. The third kappa shape index (κ3) is 4.37. The van der Waals surface area contributed by atoms with Gasteiger partial charge in [-0.05, 0) is 68.7 Å². The van der Waals surface area contributed by atoms with E-state index in [1.807, 2.05) is 18.4 Å². The summed E-state index contributed by atoms with van der Waals surface area (Å²) in [5.41, 5.74) is 2.22. The number of fused-ring (bicyclic) bond motifs is 1. The Morgan fingerprint density at radius 1 is 1.22 bits per heavy atom. The summed E-state index contributed by atoms with van der Waals surface area (Å²) in [6.07, 6.45) is 1.26. The van der Waals surface area contributed by atoms with Gasteiger partial charge in [-0.2, -0.15) is 9.30 Å². The molecule has 2 aromatic carbocycles. The number of thiazole rings is 1. The van der Waals surface area contributed by atoms with Crippen LogP contribution in [-0.4, -0.2) is 43.4 Å². The molecule has 9 heteroatoms. The number of sulfonamides is 1. The number of carbonyl (C=O) groups excluding carboxylic acids is 1. The Morgan fingerprint density at radius 2 is 1.97 bits per heavy atom. The molecule has 170 valence electrons. The highest BCUT2D eigenvalue weighted by molar-refractivity contribution is 7.89. The number of carbonyl (C=O) groups is 1. The first kappa shape index (κ1) is 22.7. The Labute approximate surface area is 192 Å². The monoisotopic (exact) mass is 473 g/mol. The molecule has 1 fully saturated rings.